The predicted molar refractivity (Wildman–Crippen MR) is 79.1 cm³/mol. The Morgan fingerprint density at radius 3 is 2.79 bits per heavy atom. The van der Waals surface area contributed by atoms with Crippen LogP contribution < -0.4 is 5.73 Å². The van der Waals surface area contributed by atoms with E-state index >= 15 is 0 Å². The van der Waals surface area contributed by atoms with Crippen LogP contribution in [0.4, 0.5) is 0 Å². The van der Waals surface area contributed by atoms with Crippen molar-refractivity contribution >= 4 is 22.9 Å². The van der Waals surface area contributed by atoms with Crippen molar-refractivity contribution in [2.75, 3.05) is 0 Å². The molecular weight excluding hydrogens is 240 g/mol. The van der Waals surface area contributed by atoms with Crippen molar-refractivity contribution < 1.29 is 9.90 Å². The van der Waals surface area contributed by atoms with Gasteiger partial charge in [0.05, 0.1) is 5.52 Å². The molecule has 19 heavy (non-hydrogen) atoms. The van der Waals surface area contributed by atoms with Crippen molar-refractivity contribution in [2.45, 2.75) is 26.3 Å². The normalized spacial score (nSPS) is 11.5. The van der Waals surface area contributed by atoms with Gasteiger partial charge in [0.1, 0.15) is 6.04 Å². The van der Waals surface area contributed by atoms with E-state index in [-0.39, 0.29) is 0 Å². The minimum atomic E-state index is -0.987. The lowest BCUT2D eigenvalue weighted by molar-refractivity contribution is -0.138. The van der Waals surface area contributed by atoms with E-state index in [1.165, 1.54) is 0 Å². The van der Waals surface area contributed by atoms with Crippen LogP contribution in [0.25, 0.3) is 17.0 Å². The Hall–Kier alpha value is -2.07. The molecule has 1 atom stereocenters. The summed E-state index contributed by atoms with van der Waals surface area (Å²) < 4.78 is 0. The lowest BCUT2D eigenvalue weighted by Gasteiger charge is -2.05. The first-order valence-electron chi connectivity index (χ1n) is 6.33. The highest BCUT2D eigenvalue weighted by Gasteiger charge is 2.15. The van der Waals surface area contributed by atoms with Gasteiger partial charge >= 0.3 is 5.97 Å². The average Bonchev–Trinajstić information content (AvgIpc) is 2.84. The van der Waals surface area contributed by atoms with E-state index in [0.29, 0.717) is 6.42 Å². The van der Waals surface area contributed by atoms with Crippen LogP contribution in [0.2, 0.25) is 0 Å². The van der Waals surface area contributed by atoms with Gasteiger partial charge in [-0.2, -0.15) is 0 Å². The number of nitrogens with two attached hydrogens (primary N) is 1. The van der Waals surface area contributed by atoms with E-state index in [1.807, 2.05) is 32.0 Å². The van der Waals surface area contributed by atoms with Crippen LogP contribution in [0.5, 0.6) is 0 Å². The Labute approximate surface area is 112 Å². The number of carboxylic acids is 1. The van der Waals surface area contributed by atoms with Crippen LogP contribution in [0.3, 0.4) is 0 Å². The second-order valence-electron chi connectivity index (χ2n) is 3.94. The zero-order chi connectivity index (χ0) is 14.4. The van der Waals surface area contributed by atoms with Crippen molar-refractivity contribution in [3.05, 3.63) is 42.1 Å². The lowest BCUT2D eigenvalue weighted by Crippen LogP contribution is -2.32. The van der Waals surface area contributed by atoms with Crippen molar-refractivity contribution in [3.63, 3.8) is 0 Å². The van der Waals surface area contributed by atoms with E-state index in [4.69, 9.17) is 10.8 Å². The number of rotatable bonds is 4. The number of hydrogen-bond acceptors (Lipinski definition) is 2. The molecule has 4 N–H and O–H groups in total. The Bertz CT molecular complexity index is 573. The molecule has 4 heteroatoms. The van der Waals surface area contributed by atoms with Gasteiger partial charge in [0.15, 0.2) is 0 Å². The highest BCUT2D eigenvalue weighted by atomic mass is 16.4. The number of carbonyl (C=O) groups is 1. The van der Waals surface area contributed by atoms with Gasteiger partial charge in [-0.25, -0.2) is 0 Å². The number of carboxylic acid groups (broad SMARTS) is 1. The molecule has 0 saturated heterocycles. The van der Waals surface area contributed by atoms with Crippen molar-refractivity contribution in [1.82, 2.24) is 4.98 Å². The monoisotopic (exact) mass is 260 g/mol. The van der Waals surface area contributed by atoms with E-state index in [9.17, 15) is 4.79 Å². The number of nitrogens with one attached hydrogen (secondary N) is 1. The lowest BCUT2D eigenvalue weighted by atomic mass is 10.0. The standard InChI is InChI=1S/C13H14N2O2.C2H6/c1-2-8-4-3-5-10-9(7-15-12(8)10)6-11(14)13(16)17;1-2/h2-5,7,11,15H,1,6,14H2,(H,16,17);1-2H3. The molecule has 0 bridgehead atoms. The quantitative estimate of drug-likeness (QED) is 0.790. The molecule has 0 spiro atoms. The fourth-order valence-corrected chi connectivity index (χ4v) is 1.90. The Morgan fingerprint density at radius 1 is 1.53 bits per heavy atom. The number of fused-ring (bicyclic) bond motifs is 1. The fraction of sp³-hybridized carbons (Fsp3) is 0.267. The first-order chi connectivity index (χ1) is 9.13. The zero-order valence-corrected chi connectivity index (χ0v) is 11.3. The summed E-state index contributed by atoms with van der Waals surface area (Å²) in [6.07, 6.45) is 3.89. The summed E-state index contributed by atoms with van der Waals surface area (Å²) in [4.78, 5) is 13.9. The van der Waals surface area contributed by atoms with Crippen LogP contribution in [0.15, 0.2) is 31.0 Å². The van der Waals surface area contributed by atoms with Gasteiger partial charge in [-0.05, 0) is 11.1 Å². The van der Waals surface area contributed by atoms with Gasteiger partial charge in [-0.15, -0.1) is 0 Å². The van der Waals surface area contributed by atoms with Crippen LogP contribution in [-0.2, 0) is 11.2 Å². The maximum absolute atomic E-state index is 10.7. The highest BCUT2D eigenvalue weighted by molar-refractivity contribution is 5.90. The number of benzene rings is 1. The summed E-state index contributed by atoms with van der Waals surface area (Å²) in [5.41, 5.74) is 8.42. The zero-order valence-electron chi connectivity index (χ0n) is 11.3. The second kappa shape index (κ2) is 6.75. The summed E-state index contributed by atoms with van der Waals surface area (Å²) in [6, 6.07) is 4.94. The largest absolute Gasteiger partial charge is 0.480 e. The number of para-hydroxylation sites is 1. The average molecular weight is 260 g/mol. The van der Waals surface area contributed by atoms with Crippen LogP contribution in [0, 0.1) is 0 Å². The molecule has 0 radical (unpaired) electrons. The number of aromatic nitrogens is 1. The van der Waals surface area contributed by atoms with Crippen molar-refractivity contribution in [3.8, 4) is 0 Å². The summed E-state index contributed by atoms with van der Waals surface area (Å²) in [5.74, 6) is -0.987. The molecule has 1 aromatic heterocycles. The Kier molecular flexibility index (Phi) is 5.33. The molecule has 1 heterocycles. The molecule has 0 aliphatic carbocycles. The summed E-state index contributed by atoms with van der Waals surface area (Å²) in [7, 11) is 0. The third-order valence-corrected chi connectivity index (χ3v) is 2.81. The predicted octanol–water partition coefficient (Wildman–Crippen LogP) is 2.79. The third kappa shape index (κ3) is 3.23. The molecule has 2 aromatic rings. The molecule has 102 valence electrons. The van der Waals surface area contributed by atoms with Crippen molar-refractivity contribution in [2.24, 2.45) is 5.73 Å². The molecule has 4 nitrogen and oxygen atoms in total. The van der Waals surface area contributed by atoms with E-state index in [1.54, 1.807) is 12.3 Å². The Balaban J connectivity index is 0.000000861. The molecule has 1 aromatic carbocycles. The van der Waals surface area contributed by atoms with Gasteiger partial charge in [0.25, 0.3) is 0 Å². The summed E-state index contributed by atoms with van der Waals surface area (Å²) in [6.45, 7) is 7.74. The maximum Gasteiger partial charge on any atom is 0.320 e. The van der Waals surface area contributed by atoms with E-state index in [2.05, 4.69) is 11.6 Å². The topological polar surface area (TPSA) is 79.1 Å². The van der Waals surface area contributed by atoms with Gasteiger partial charge in [0, 0.05) is 18.0 Å². The molecule has 0 fully saturated rings. The molecule has 0 saturated carbocycles. The number of aromatic amines is 1. The fourth-order valence-electron chi connectivity index (χ4n) is 1.90. The Morgan fingerprint density at radius 2 is 2.21 bits per heavy atom. The minimum Gasteiger partial charge on any atom is -0.480 e. The summed E-state index contributed by atoms with van der Waals surface area (Å²) >= 11 is 0. The first kappa shape index (κ1) is 15.0. The highest BCUT2D eigenvalue weighted by Crippen LogP contribution is 2.23. The SMILES string of the molecule is C=Cc1cccc2c(CC(N)C(=O)O)c[nH]c12.CC. The number of H-pyrrole nitrogens is 1. The van der Waals surface area contributed by atoms with Gasteiger partial charge in [0.2, 0.25) is 0 Å². The molecule has 2 rings (SSSR count). The molecule has 0 aliphatic heterocycles. The smallest absolute Gasteiger partial charge is 0.320 e. The number of aliphatic carboxylic acids is 1. The van der Waals surface area contributed by atoms with Crippen LogP contribution in [-0.4, -0.2) is 22.1 Å². The third-order valence-electron chi connectivity index (χ3n) is 2.81. The van der Waals surface area contributed by atoms with Gasteiger partial charge in [-0.1, -0.05) is 44.7 Å². The van der Waals surface area contributed by atoms with Crippen LogP contribution >= 0.6 is 0 Å². The maximum atomic E-state index is 10.7. The summed E-state index contributed by atoms with van der Waals surface area (Å²) in [5, 5.41) is 9.80. The number of hydrogen-bond donors (Lipinski definition) is 3. The van der Waals surface area contributed by atoms with E-state index < -0.39 is 12.0 Å². The van der Waals surface area contributed by atoms with E-state index in [0.717, 1.165) is 22.0 Å². The molecular formula is C15H20N2O2. The second-order valence-corrected chi connectivity index (χ2v) is 3.94. The molecule has 0 amide bonds. The van der Waals surface area contributed by atoms with Crippen LogP contribution in [0.1, 0.15) is 25.0 Å². The van der Waals surface area contributed by atoms with Crippen molar-refractivity contribution in [1.29, 1.82) is 0 Å². The molecule has 0 aliphatic rings. The minimum absolute atomic E-state index is 0.315. The van der Waals surface area contributed by atoms with Gasteiger partial charge in [-0.3, -0.25) is 4.79 Å². The first-order valence-corrected chi connectivity index (χ1v) is 6.33. The molecule has 1 unspecified atom stereocenters. The van der Waals surface area contributed by atoms with Gasteiger partial charge < -0.3 is 15.8 Å².